The molecule has 0 saturated carbocycles. The number of pyridine rings is 1. The van der Waals surface area contributed by atoms with E-state index in [1.165, 1.54) is 0 Å². The number of rotatable bonds is 6. The topological polar surface area (TPSA) is 80.2 Å². The highest BCUT2D eigenvalue weighted by molar-refractivity contribution is 5.73. The molecule has 0 spiro atoms. The summed E-state index contributed by atoms with van der Waals surface area (Å²) < 4.78 is 30.4. The van der Waals surface area contributed by atoms with Crippen molar-refractivity contribution in [2.75, 3.05) is 33.0 Å². The number of nitrogens with one attached hydrogen (secondary N) is 1. The van der Waals surface area contributed by atoms with Crippen molar-refractivity contribution in [2.45, 2.75) is 45.1 Å². The van der Waals surface area contributed by atoms with Crippen LogP contribution in [0.1, 0.15) is 25.0 Å². The predicted octanol–water partition coefficient (Wildman–Crippen LogP) is 2.71. The molecule has 1 saturated heterocycles. The van der Waals surface area contributed by atoms with Crippen molar-refractivity contribution in [1.82, 2.24) is 9.88 Å². The minimum Gasteiger partial charge on any atom is -0.490 e. The third kappa shape index (κ3) is 4.32. The SMILES string of the molecule is Cc1c(OCC2COCCO2)cc(=O)n2c1-c1ccc(OCC3NC=CO3)cc1C(C)(C)C2. The quantitative estimate of drug-likeness (QED) is 0.719. The third-order valence-corrected chi connectivity index (χ3v) is 6.35. The van der Waals surface area contributed by atoms with Crippen LogP contribution in [0.15, 0.2) is 41.5 Å². The van der Waals surface area contributed by atoms with Gasteiger partial charge in [0.15, 0.2) is 0 Å². The van der Waals surface area contributed by atoms with Gasteiger partial charge in [-0.05, 0) is 30.7 Å². The molecule has 33 heavy (non-hydrogen) atoms. The maximum atomic E-state index is 13.1. The molecule has 1 aromatic carbocycles. The normalized spacial score (nSPS) is 22.6. The highest BCUT2D eigenvalue weighted by Gasteiger charge is 2.34. The van der Waals surface area contributed by atoms with Gasteiger partial charge in [0, 0.05) is 35.4 Å². The zero-order valence-corrected chi connectivity index (χ0v) is 19.3. The maximum Gasteiger partial charge on any atom is 0.254 e. The Morgan fingerprint density at radius 2 is 2.06 bits per heavy atom. The second-order valence-corrected chi connectivity index (χ2v) is 9.28. The molecular formula is C25H30N2O6. The van der Waals surface area contributed by atoms with Gasteiger partial charge in [-0.3, -0.25) is 4.79 Å². The van der Waals surface area contributed by atoms with E-state index in [0.717, 1.165) is 28.1 Å². The first-order valence-corrected chi connectivity index (χ1v) is 11.3. The Bertz CT molecular complexity index is 1110. The van der Waals surface area contributed by atoms with Crippen molar-refractivity contribution in [3.8, 4) is 22.8 Å². The minimum atomic E-state index is -0.239. The van der Waals surface area contributed by atoms with Gasteiger partial charge in [0.2, 0.25) is 6.23 Å². The monoisotopic (exact) mass is 454 g/mol. The molecule has 2 unspecified atom stereocenters. The molecule has 8 heteroatoms. The molecule has 2 atom stereocenters. The number of hydrogen-bond acceptors (Lipinski definition) is 7. The summed E-state index contributed by atoms with van der Waals surface area (Å²) in [5.41, 5.74) is 3.69. The molecule has 0 amide bonds. The van der Waals surface area contributed by atoms with Gasteiger partial charge in [0.1, 0.15) is 37.1 Å². The fourth-order valence-corrected chi connectivity index (χ4v) is 4.64. The van der Waals surface area contributed by atoms with E-state index < -0.39 is 0 Å². The van der Waals surface area contributed by atoms with Crippen LogP contribution < -0.4 is 20.3 Å². The summed E-state index contributed by atoms with van der Waals surface area (Å²) >= 11 is 0. The van der Waals surface area contributed by atoms with E-state index >= 15 is 0 Å². The van der Waals surface area contributed by atoms with Gasteiger partial charge in [0.25, 0.3) is 5.56 Å². The molecule has 2 aromatic rings. The van der Waals surface area contributed by atoms with Crippen LogP contribution in [0.5, 0.6) is 11.5 Å². The molecule has 1 N–H and O–H groups in total. The highest BCUT2D eigenvalue weighted by atomic mass is 16.6. The third-order valence-electron chi connectivity index (χ3n) is 6.35. The first-order valence-electron chi connectivity index (χ1n) is 11.3. The molecule has 1 fully saturated rings. The van der Waals surface area contributed by atoms with Gasteiger partial charge in [0.05, 0.1) is 25.5 Å². The average Bonchev–Trinajstić information content (AvgIpc) is 3.33. The number of benzene rings is 1. The van der Waals surface area contributed by atoms with Gasteiger partial charge in [-0.25, -0.2) is 0 Å². The lowest BCUT2D eigenvalue weighted by Crippen LogP contribution is -2.37. The second kappa shape index (κ2) is 8.76. The second-order valence-electron chi connectivity index (χ2n) is 9.28. The lowest BCUT2D eigenvalue weighted by molar-refractivity contribution is -0.101. The van der Waals surface area contributed by atoms with Crippen molar-refractivity contribution in [2.24, 2.45) is 0 Å². The summed E-state index contributed by atoms with van der Waals surface area (Å²) in [5.74, 6) is 1.36. The molecule has 176 valence electrons. The Morgan fingerprint density at radius 3 is 2.82 bits per heavy atom. The van der Waals surface area contributed by atoms with Crippen LogP contribution in [0.25, 0.3) is 11.3 Å². The predicted molar refractivity (Wildman–Crippen MR) is 123 cm³/mol. The van der Waals surface area contributed by atoms with Crippen LogP contribution in [-0.4, -0.2) is 49.9 Å². The van der Waals surface area contributed by atoms with Gasteiger partial charge in [-0.2, -0.15) is 0 Å². The van der Waals surface area contributed by atoms with Gasteiger partial charge < -0.3 is 33.6 Å². The van der Waals surface area contributed by atoms with E-state index in [1.807, 2.05) is 23.6 Å². The molecule has 3 aliphatic rings. The number of aromatic nitrogens is 1. The zero-order valence-electron chi connectivity index (χ0n) is 19.3. The van der Waals surface area contributed by atoms with Crippen LogP contribution in [0, 0.1) is 6.92 Å². The minimum absolute atomic E-state index is 0.0672. The molecule has 0 radical (unpaired) electrons. The number of hydrogen-bond donors (Lipinski definition) is 1. The first-order chi connectivity index (χ1) is 15.9. The van der Waals surface area contributed by atoms with Crippen LogP contribution in [-0.2, 0) is 26.2 Å². The van der Waals surface area contributed by atoms with E-state index in [0.29, 0.717) is 45.3 Å². The van der Waals surface area contributed by atoms with Gasteiger partial charge in [-0.15, -0.1) is 0 Å². The standard InChI is InChI=1S/C25H30N2O6/c1-16-21(33-13-18-12-29-8-9-30-18)11-23(28)27-15-25(2,3)20-10-17(4-5-19(20)24(16)27)32-14-22-26-6-7-31-22/h4-7,10-11,18,22,26H,8-9,12-15H2,1-3H3. The summed E-state index contributed by atoms with van der Waals surface area (Å²) in [4.78, 5) is 13.1. The van der Waals surface area contributed by atoms with Crippen LogP contribution >= 0.6 is 0 Å². The Labute approximate surface area is 193 Å². The van der Waals surface area contributed by atoms with Crippen molar-refractivity contribution in [3.63, 3.8) is 0 Å². The van der Waals surface area contributed by atoms with E-state index in [-0.39, 0.29) is 23.3 Å². The maximum absolute atomic E-state index is 13.1. The van der Waals surface area contributed by atoms with Crippen molar-refractivity contribution in [3.05, 3.63) is 58.2 Å². The summed E-state index contributed by atoms with van der Waals surface area (Å²) in [7, 11) is 0. The molecule has 3 aliphatic heterocycles. The lowest BCUT2D eigenvalue weighted by atomic mass is 9.77. The number of ether oxygens (including phenoxy) is 5. The molecule has 8 nitrogen and oxygen atoms in total. The van der Waals surface area contributed by atoms with Crippen molar-refractivity contribution >= 4 is 0 Å². The zero-order chi connectivity index (χ0) is 23.0. The fourth-order valence-electron chi connectivity index (χ4n) is 4.64. The molecular weight excluding hydrogens is 424 g/mol. The molecule has 5 rings (SSSR count). The lowest BCUT2D eigenvalue weighted by Gasteiger charge is -2.36. The van der Waals surface area contributed by atoms with Crippen LogP contribution in [0.2, 0.25) is 0 Å². The number of nitrogens with zero attached hydrogens (tertiary/aromatic N) is 1. The van der Waals surface area contributed by atoms with Crippen LogP contribution in [0.3, 0.4) is 0 Å². The largest absolute Gasteiger partial charge is 0.490 e. The van der Waals surface area contributed by atoms with Gasteiger partial charge >= 0.3 is 0 Å². The highest BCUT2D eigenvalue weighted by Crippen LogP contribution is 2.43. The summed E-state index contributed by atoms with van der Waals surface area (Å²) in [5, 5.41) is 3.08. The van der Waals surface area contributed by atoms with E-state index in [4.69, 9.17) is 23.7 Å². The Hall–Kier alpha value is -2.97. The summed E-state index contributed by atoms with van der Waals surface area (Å²) in [6, 6.07) is 7.64. The average molecular weight is 455 g/mol. The molecule has 4 heterocycles. The molecule has 0 bridgehead atoms. The molecule has 1 aromatic heterocycles. The van der Waals surface area contributed by atoms with E-state index in [2.05, 4.69) is 25.2 Å². The number of fused-ring (bicyclic) bond motifs is 3. The van der Waals surface area contributed by atoms with Crippen molar-refractivity contribution in [1.29, 1.82) is 0 Å². The molecule has 0 aliphatic carbocycles. The van der Waals surface area contributed by atoms with E-state index in [1.54, 1.807) is 18.5 Å². The van der Waals surface area contributed by atoms with Crippen molar-refractivity contribution < 1.29 is 23.7 Å². The van der Waals surface area contributed by atoms with Gasteiger partial charge in [-0.1, -0.05) is 13.8 Å². The summed E-state index contributed by atoms with van der Waals surface area (Å²) in [6.45, 7) is 9.29. The Kier molecular flexibility index (Phi) is 5.80. The first kappa shape index (κ1) is 21.9. The van der Waals surface area contributed by atoms with Crippen LogP contribution in [0.4, 0.5) is 0 Å². The smallest absolute Gasteiger partial charge is 0.254 e. The summed E-state index contributed by atoms with van der Waals surface area (Å²) in [6.07, 6.45) is 3.06. The van der Waals surface area contributed by atoms with E-state index in [9.17, 15) is 4.79 Å². The Balaban J connectivity index is 1.44. The fraction of sp³-hybridized carbons (Fsp3) is 0.480. The Morgan fingerprint density at radius 1 is 1.18 bits per heavy atom.